The van der Waals surface area contributed by atoms with Crippen molar-refractivity contribution in [1.29, 1.82) is 0 Å². The molecule has 1 saturated heterocycles. The number of rotatable bonds is 5. The molecular formula is C19H24ClN3O2S. The van der Waals surface area contributed by atoms with Gasteiger partial charge in [0, 0.05) is 28.7 Å². The summed E-state index contributed by atoms with van der Waals surface area (Å²) in [5.41, 5.74) is 8.11. The largest absolute Gasteiger partial charge is 0.381 e. The van der Waals surface area contributed by atoms with Crippen molar-refractivity contribution in [2.75, 3.05) is 13.2 Å². The first kappa shape index (κ1) is 19.3. The Bertz CT molecular complexity index is 757. The van der Waals surface area contributed by atoms with Crippen molar-refractivity contribution in [2.24, 2.45) is 11.7 Å². The van der Waals surface area contributed by atoms with Crippen molar-refractivity contribution in [3.05, 3.63) is 39.2 Å². The van der Waals surface area contributed by atoms with Crippen molar-refractivity contribution in [2.45, 2.75) is 38.8 Å². The lowest BCUT2D eigenvalue weighted by Gasteiger charge is -2.27. The van der Waals surface area contributed by atoms with E-state index in [1.165, 1.54) is 0 Å². The molecule has 2 unspecified atom stereocenters. The maximum absolute atomic E-state index is 12.5. The Hall–Kier alpha value is -1.47. The van der Waals surface area contributed by atoms with Crippen molar-refractivity contribution < 1.29 is 9.53 Å². The van der Waals surface area contributed by atoms with Crippen LogP contribution in [0.1, 0.15) is 35.7 Å². The zero-order valence-electron chi connectivity index (χ0n) is 15.0. The molecule has 0 saturated carbocycles. The van der Waals surface area contributed by atoms with Crippen LogP contribution in [0.2, 0.25) is 5.02 Å². The Kier molecular flexibility index (Phi) is 6.29. The molecule has 2 atom stereocenters. The van der Waals surface area contributed by atoms with E-state index in [1.54, 1.807) is 11.3 Å². The first-order chi connectivity index (χ1) is 12.5. The number of aromatic nitrogens is 1. The maximum atomic E-state index is 12.5. The van der Waals surface area contributed by atoms with Gasteiger partial charge in [-0.3, -0.25) is 4.79 Å². The van der Waals surface area contributed by atoms with Crippen LogP contribution in [0.15, 0.2) is 24.3 Å². The smallest absolute Gasteiger partial charge is 0.237 e. The van der Waals surface area contributed by atoms with Crippen LogP contribution >= 0.6 is 22.9 Å². The summed E-state index contributed by atoms with van der Waals surface area (Å²) in [6.45, 7) is 5.33. The van der Waals surface area contributed by atoms with Gasteiger partial charge < -0.3 is 15.8 Å². The minimum absolute atomic E-state index is 0.120. The Labute approximate surface area is 162 Å². The minimum atomic E-state index is -0.502. The number of amides is 1. The lowest BCUT2D eigenvalue weighted by atomic mass is 9.92. The van der Waals surface area contributed by atoms with Gasteiger partial charge in [0.2, 0.25) is 5.91 Å². The van der Waals surface area contributed by atoms with E-state index >= 15 is 0 Å². The molecular weight excluding hydrogens is 370 g/mol. The number of benzene rings is 1. The molecule has 26 heavy (non-hydrogen) atoms. The molecule has 3 N–H and O–H groups in total. The third-order valence-corrected chi connectivity index (χ3v) is 6.14. The Morgan fingerprint density at radius 3 is 2.65 bits per heavy atom. The van der Waals surface area contributed by atoms with Gasteiger partial charge in [0.1, 0.15) is 5.01 Å². The van der Waals surface area contributed by atoms with Crippen molar-refractivity contribution in [3.8, 4) is 11.3 Å². The molecule has 1 aromatic carbocycles. The van der Waals surface area contributed by atoms with Crippen LogP contribution in [0.3, 0.4) is 0 Å². The molecule has 7 heteroatoms. The minimum Gasteiger partial charge on any atom is -0.381 e. The summed E-state index contributed by atoms with van der Waals surface area (Å²) in [6, 6.07) is 6.94. The van der Waals surface area contributed by atoms with Crippen LogP contribution in [-0.2, 0) is 9.53 Å². The predicted octanol–water partition coefficient (Wildman–Crippen LogP) is 3.70. The van der Waals surface area contributed by atoms with Gasteiger partial charge in [0.05, 0.1) is 17.8 Å². The van der Waals surface area contributed by atoms with E-state index in [2.05, 4.69) is 5.32 Å². The van der Waals surface area contributed by atoms with E-state index in [-0.39, 0.29) is 17.9 Å². The summed E-state index contributed by atoms with van der Waals surface area (Å²) in [5.74, 6) is 0.0592. The summed E-state index contributed by atoms with van der Waals surface area (Å²) >= 11 is 7.55. The molecule has 1 aliphatic heterocycles. The summed E-state index contributed by atoms with van der Waals surface area (Å²) < 4.78 is 5.34. The van der Waals surface area contributed by atoms with Gasteiger partial charge in [-0.2, -0.15) is 0 Å². The third-order valence-electron chi connectivity index (χ3n) is 4.74. The van der Waals surface area contributed by atoms with Crippen molar-refractivity contribution >= 4 is 28.8 Å². The monoisotopic (exact) mass is 393 g/mol. The van der Waals surface area contributed by atoms with E-state index in [1.807, 2.05) is 38.1 Å². The van der Waals surface area contributed by atoms with Crippen LogP contribution in [0.4, 0.5) is 0 Å². The van der Waals surface area contributed by atoms with E-state index in [9.17, 15) is 4.79 Å². The van der Waals surface area contributed by atoms with Crippen molar-refractivity contribution in [1.82, 2.24) is 10.3 Å². The molecule has 0 bridgehead atoms. The zero-order chi connectivity index (χ0) is 18.7. The number of ether oxygens (including phenoxy) is 1. The fourth-order valence-electron chi connectivity index (χ4n) is 3.14. The number of aryl methyl sites for hydroxylation is 1. The quantitative estimate of drug-likeness (QED) is 0.811. The highest BCUT2D eigenvalue weighted by atomic mass is 35.5. The second-order valence-electron chi connectivity index (χ2n) is 6.67. The number of nitrogens with zero attached hydrogens (tertiary/aromatic N) is 1. The fourth-order valence-corrected chi connectivity index (χ4v) is 4.21. The normalized spacial score (nSPS) is 17.7. The predicted molar refractivity (Wildman–Crippen MR) is 105 cm³/mol. The third kappa shape index (κ3) is 4.43. The summed E-state index contributed by atoms with van der Waals surface area (Å²) in [5, 5.41) is 4.59. The number of nitrogens with two attached hydrogens (primary N) is 1. The molecule has 1 aromatic heterocycles. The Morgan fingerprint density at radius 1 is 1.35 bits per heavy atom. The fraction of sp³-hybridized carbons (Fsp3) is 0.474. The molecule has 2 aromatic rings. The molecule has 140 valence electrons. The molecule has 1 amide bonds. The lowest BCUT2D eigenvalue weighted by molar-refractivity contribution is -0.125. The van der Waals surface area contributed by atoms with Crippen LogP contribution in [-0.4, -0.2) is 30.1 Å². The molecule has 0 aliphatic carbocycles. The molecule has 0 spiro atoms. The summed E-state index contributed by atoms with van der Waals surface area (Å²) in [6.07, 6.45) is 1.67. The maximum Gasteiger partial charge on any atom is 0.237 e. The summed E-state index contributed by atoms with van der Waals surface area (Å²) in [7, 11) is 0. The number of hydrogen-bond acceptors (Lipinski definition) is 5. The van der Waals surface area contributed by atoms with Gasteiger partial charge >= 0.3 is 0 Å². The summed E-state index contributed by atoms with van der Waals surface area (Å²) in [4.78, 5) is 18.4. The van der Waals surface area contributed by atoms with Gasteiger partial charge in [-0.25, -0.2) is 4.98 Å². The molecule has 5 nitrogen and oxygen atoms in total. The SMILES string of the molecule is Cc1sc(C(C)NC(=O)C(N)C2CCOCC2)nc1-c1ccc(Cl)cc1. The first-order valence-electron chi connectivity index (χ1n) is 8.82. The van der Waals surface area contributed by atoms with Gasteiger partial charge in [0.15, 0.2) is 0 Å². The highest BCUT2D eigenvalue weighted by Gasteiger charge is 2.28. The van der Waals surface area contributed by atoms with Crippen LogP contribution in [0, 0.1) is 12.8 Å². The standard InChI is InChI=1S/C19H24ClN3O2S/c1-11(22-18(24)16(21)13-7-9-25-10-8-13)19-23-17(12(2)26-19)14-3-5-15(20)6-4-14/h3-6,11,13,16H,7-10,21H2,1-2H3,(H,22,24). The average molecular weight is 394 g/mol. The number of thiazole rings is 1. The van der Waals surface area contributed by atoms with E-state index < -0.39 is 6.04 Å². The average Bonchev–Trinajstić information content (AvgIpc) is 3.04. The molecule has 2 heterocycles. The first-order valence-corrected chi connectivity index (χ1v) is 10.0. The van der Waals surface area contributed by atoms with Crippen molar-refractivity contribution in [3.63, 3.8) is 0 Å². The number of halogens is 1. The topological polar surface area (TPSA) is 77.2 Å². The number of carbonyl (C=O) groups is 1. The van der Waals surface area contributed by atoms with E-state index in [4.69, 9.17) is 27.1 Å². The Morgan fingerprint density at radius 2 is 2.00 bits per heavy atom. The molecule has 1 fully saturated rings. The number of nitrogens with one attached hydrogen (secondary N) is 1. The second-order valence-corrected chi connectivity index (χ2v) is 8.34. The molecule has 1 aliphatic rings. The lowest BCUT2D eigenvalue weighted by Crippen LogP contribution is -2.47. The van der Waals surface area contributed by atoms with Gasteiger partial charge in [-0.1, -0.05) is 23.7 Å². The zero-order valence-corrected chi connectivity index (χ0v) is 16.6. The van der Waals surface area contributed by atoms with E-state index in [0.717, 1.165) is 34.0 Å². The van der Waals surface area contributed by atoms with Crippen LogP contribution in [0.25, 0.3) is 11.3 Å². The molecule has 3 rings (SSSR count). The second kappa shape index (κ2) is 8.48. The molecule has 0 radical (unpaired) electrons. The number of hydrogen-bond donors (Lipinski definition) is 2. The highest BCUT2D eigenvalue weighted by Crippen LogP contribution is 2.31. The highest BCUT2D eigenvalue weighted by molar-refractivity contribution is 7.12. The van der Waals surface area contributed by atoms with Gasteiger partial charge in [0.25, 0.3) is 0 Å². The Balaban J connectivity index is 1.68. The van der Waals surface area contributed by atoms with Crippen LogP contribution < -0.4 is 11.1 Å². The number of carbonyl (C=O) groups excluding carboxylic acids is 1. The van der Waals surface area contributed by atoms with Gasteiger partial charge in [-0.05, 0) is 44.7 Å². The van der Waals surface area contributed by atoms with Crippen LogP contribution in [0.5, 0.6) is 0 Å². The van der Waals surface area contributed by atoms with Gasteiger partial charge in [-0.15, -0.1) is 11.3 Å². The van der Waals surface area contributed by atoms with E-state index in [0.29, 0.717) is 18.2 Å².